The lowest BCUT2D eigenvalue weighted by Gasteiger charge is -2.09. The third-order valence-electron chi connectivity index (χ3n) is 2.45. The lowest BCUT2D eigenvalue weighted by molar-refractivity contribution is 0.242. The van der Waals surface area contributed by atoms with E-state index in [4.69, 9.17) is 17.0 Å². The average molecular weight is 277 g/mol. The SMILES string of the molecule is CC(C)Oc1ccc(Cc2n[nH]c(=S)[nH]c2=O)cc1. The molecule has 19 heavy (non-hydrogen) atoms. The molecule has 2 N–H and O–H groups in total. The normalized spacial score (nSPS) is 10.7. The van der Waals surface area contributed by atoms with E-state index in [1.54, 1.807) is 0 Å². The summed E-state index contributed by atoms with van der Waals surface area (Å²) in [7, 11) is 0. The smallest absolute Gasteiger partial charge is 0.273 e. The van der Waals surface area contributed by atoms with Crippen molar-refractivity contribution in [3.63, 3.8) is 0 Å². The van der Waals surface area contributed by atoms with E-state index in [1.807, 2.05) is 38.1 Å². The van der Waals surface area contributed by atoms with Gasteiger partial charge in [0.15, 0.2) is 4.77 Å². The molecule has 6 heteroatoms. The van der Waals surface area contributed by atoms with Gasteiger partial charge in [-0.2, -0.15) is 5.10 Å². The summed E-state index contributed by atoms with van der Waals surface area (Å²) in [5, 5.41) is 6.52. The molecule has 0 radical (unpaired) electrons. The molecule has 0 unspecified atom stereocenters. The minimum atomic E-state index is -0.258. The maximum absolute atomic E-state index is 11.6. The molecule has 2 rings (SSSR count). The Morgan fingerprint density at radius 1 is 1.32 bits per heavy atom. The van der Waals surface area contributed by atoms with Crippen LogP contribution in [0.15, 0.2) is 29.1 Å². The first-order valence-corrected chi connectivity index (χ1v) is 6.39. The van der Waals surface area contributed by atoms with Crippen LogP contribution in [0.4, 0.5) is 0 Å². The van der Waals surface area contributed by atoms with E-state index < -0.39 is 0 Å². The number of hydrogen-bond acceptors (Lipinski definition) is 4. The molecular weight excluding hydrogens is 262 g/mol. The second kappa shape index (κ2) is 5.79. The maximum Gasteiger partial charge on any atom is 0.273 e. The third kappa shape index (κ3) is 3.75. The van der Waals surface area contributed by atoms with E-state index in [2.05, 4.69) is 15.2 Å². The van der Waals surface area contributed by atoms with Crippen molar-refractivity contribution in [3.05, 3.63) is 50.6 Å². The van der Waals surface area contributed by atoms with Gasteiger partial charge in [0.05, 0.1) is 6.10 Å². The molecule has 0 aliphatic carbocycles. The molecule has 0 saturated carbocycles. The predicted octanol–water partition coefficient (Wildman–Crippen LogP) is 2.21. The van der Waals surface area contributed by atoms with Gasteiger partial charge < -0.3 is 4.74 Å². The van der Waals surface area contributed by atoms with Crippen LogP contribution in [-0.4, -0.2) is 21.3 Å². The topological polar surface area (TPSA) is 70.8 Å². The Labute approximate surface area is 115 Å². The number of H-pyrrole nitrogens is 2. The van der Waals surface area contributed by atoms with Crippen LogP contribution in [0.2, 0.25) is 0 Å². The summed E-state index contributed by atoms with van der Waals surface area (Å²) in [5.41, 5.74) is 1.14. The van der Waals surface area contributed by atoms with Crippen LogP contribution in [0.1, 0.15) is 25.1 Å². The Morgan fingerprint density at radius 3 is 2.58 bits per heavy atom. The van der Waals surface area contributed by atoms with E-state index >= 15 is 0 Å². The minimum absolute atomic E-state index is 0.143. The standard InChI is InChI=1S/C13H15N3O2S/c1-8(2)18-10-5-3-9(4-6-10)7-11-12(17)14-13(19)16-15-11/h3-6,8H,7H2,1-2H3,(H2,14,16,17,19). The zero-order chi connectivity index (χ0) is 13.8. The number of ether oxygens (including phenoxy) is 1. The average Bonchev–Trinajstić information content (AvgIpc) is 2.34. The molecule has 0 atom stereocenters. The highest BCUT2D eigenvalue weighted by molar-refractivity contribution is 7.71. The summed E-state index contributed by atoms with van der Waals surface area (Å²) in [4.78, 5) is 14.1. The van der Waals surface area contributed by atoms with Crippen LogP contribution in [0.3, 0.4) is 0 Å². The third-order valence-corrected chi connectivity index (χ3v) is 2.64. The predicted molar refractivity (Wildman–Crippen MR) is 75.1 cm³/mol. The molecule has 1 heterocycles. The van der Waals surface area contributed by atoms with Gasteiger partial charge in [0, 0.05) is 6.42 Å². The fourth-order valence-electron chi connectivity index (χ4n) is 1.64. The minimum Gasteiger partial charge on any atom is -0.491 e. The highest BCUT2D eigenvalue weighted by Gasteiger charge is 2.04. The van der Waals surface area contributed by atoms with Gasteiger partial charge in [-0.3, -0.25) is 14.9 Å². The molecule has 100 valence electrons. The van der Waals surface area contributed by atoms with Crippen molar-refractivity contribution in [3.8, 4) is 5.75 Å². The van der Waals surface area contributed by atoms with Gasteiger partial charge in [-0.05, 0) is 43.8 Å². The monoisotopic (exact) mass is 277 g/mol. The van der Waals surface area contributed by atoms with Crippen molar-refractivity contribution >= 4 is 12.2 Å². The van der Waals surface area contributed by atoms with Crippen molar-refractivity contribution in [2.24, 2.45) is 0 Å². The Kier molecular flexibility index (Phi) is 4.11. The van der Waals surface area contributed by atoms with Gasteiger partial charge in [0.2, 0.25) is 0 Å². The summed E-state index contributed by atoms with van der Waals surface area (Å²) < 4.78 is 5.79. The Balaban J connectivity index is 2.15. The van der Waals surface area contributed by atoms with Crippen LogP contribution in [0.25, 0.3) is 0 Å². The van der Waals surface area contributed by atoms with Gasteiger partial charge in [0.1, 0.15) is 11.4 Å². The summed E-state index contributed by atoms with van der Waals surface area (Å²) >= 11 is 4.79. The zero-order valence-corrected chi connectivity index (χ0v) is 11.6. The van der Waals surface area contributed by atoms with Crippen molar-refractivity contribution in [1.29, 1.82) is 0 Å². The number of nitrogens with one attached hydrogen (secondary N) is 2. The van der Waals surface area contributed by atoms with Gasteiger partial charge in [-0.1, -0.05) is 12.1 Å². The maximum atomic E-state index is 11.6. The lowest BCUT2D eigenvalue weighted by atomic mass is 10.1. The van der Waals surface area contributed by atoms with Crippen molar-refractivity contribution in [2.45, 2.75) is 26.4 Å². The van der Waals surface area contributed by atoms with Crippen LogP contribution < -0.4 is 10.3 Å². The second-order valence-corrected chi connectivity index (χ2v) is 4.85. The number of aromatic amines is 2. The molecule has 0 bridgehead atoms. The molecule has 0 amide bonds. The molecule has 0 spiro atoms. The number of hydrogen-bond donors (Lipinski definition) is 2. The highest BCUT2D eigenvalue weighted by atomic mass is 32.1. The van der Waals surface area contributed by atoms with Crippen molar-refractivity contribution < 1.29 is 4.74 Å². The quantitative estimate of drug-likeness (QED) is 0.841. The van der Waals surface area contributed by atoms with Crippen LogP contribution in [0, 0.1) is 4.77 Å². The second-order valence-electron chi connectivity index (χ2n) is 4.44. The van der Waals surface area contributed by atoms with E-state index in [1.165, 1.54) is 0 Å². The van der Waals surface area contributed by atoms with E-state index in [-0.39, 0.29) is 16.4 Å². The molecule has 1 aromatic heterocycles. The highest BCUT2D eigenvalue weighted by Crippen LogP contribution is 2.14. The summed E-state index contributed by atoms with van der Waals surface area (Å²) in [6, 6.07) is 7.60. The molecule has 5 nitrogen and oxygen atoms in total. The van der Waals surface area contributed by atoms with Crippen LogP contribution in [-0.2, 0) is 6.42 Å². The van der Waals surface area contributed by atoms with Gasteiger partial charge in [-0.15, -0.1) is 0 Å². The molecule has 0 fully saturated rings. The molecule has 0 aliphatic heterocycles. The Bertz CT molecular complexity index is 659. The van der Waals surface area contributed by atoms with E-state index in [0.29, 0.717) is 12.1 Å². The van der Waals surface area contributed by atoms with Crippen LogP contribution >= 0.6 is 12.2 Å². The fraction of sp³-hybridized carbons (Fsp3) is 0.308. The van der Waals surface area contributed by atoms with Crippen molar-refractivity contribution in [1.82, 2.24) is 15.2 Å². The summed E-state index contributed by atoms with van der Waals surface area (Å²) in [5.74, 6) is 0.813. The van der Waals surface area contributed by atoms with Gasteiger partial charge in [0.25, 0.3) is 5.56 Å². The van der Waals surface area contributed by atoms with E-state index in [9.17, 15) is 4.79 Å². The van der Waals surface area contributed by atoms with Gasteiger partial charge >= 0.3 is 0 Å². The van der Waals surface area contributed by atoms with Crippen molar-refractivity contribution in [2.75, 3.05) is 0 Å². The number of benzene rings is 1. The van der Waals surface area contributed by atoms with Gasteiger partial charge in [-0.25, -0.2) is 0 Å². The zero-order valence-electron chi connectivity index (χ0n) is 10.8. The van der Waals surface area contributed by atoms with E-state index in [0.717, 1.165) is 11.3 Å². The van der Waals surface area contributed by atoms with Crippen LogP contribution in [0.5, 0.6) is 5.75 Å². The molecule has 0 saturated heterocycles. The molecular formula is C13H15N3O2S. The number of rotatable bonds is 4. The number of nitrogens with zero attached hydrogens (tertiary/aromatic N) is 1. The molecule has 0 aliphatic rings. The first-order chi connectivity index (χ1) is 9.04. The molecule has 1 aromatic carbocycles. The summed E-state index contributed by atoms with van der Waals surface area (Å²) in [6.07, 6.45) is 0.591. The fourth-order valence-corrected chi connectivity index (χ4v) is 1.78. The molecule has 2 aromatic rings. The first-order valence-electron chi connectivity index (χ1n) is 5.98. The lowest BCUT2D eigenvalue weighted by Crippen LogP contribution is -2.16. The Hall–Kier alpha value is -1.95. The Morgan fingerprint density at radius 2 is 2.00 bits per heavy atom. The number of aromatic nitrogens is 3. The summed E-state index contributed by atoms with van der Waals surface area (Å²) in [6.45, 7) is 3.95. The largest absolute Gasteiger partial charge is 0.491 e. The first kappa shape index (κ1) is 13.5.